The summed E-state index contributed by atoms with van der Waals surface area (Å²) >= 11 is 0. The molecule has 1 aliphatic carbocycles. The number of ether oxygens (including phenoxy) is 3. The SMILES string of the molecule is CCCOC1C(N)CC1OCc1cccc(OC)c1. The van der Waals surface area contributed by atoms with Gasteiger partial charge in [0.15, 0.2) is 0 Å². The molecule has 0 spiro atoms. The van der Waals surface area contributed by atoms with Crippen LogP contribution < -0.4 is 10.5 Å². The van der Waals surface area contributed by atoms with Crippen LogP contribution in [0.25, 0.3) is 0 Å². The summed E-state index contributed by atoms with van der Waals surface area (Å²) < 4.78 is 16.8. The molecule has 1 fully saturated rings. The van der Waals surface area contributed by atoms with Gasteiger partial charge < -0.3 is 19.9 Å². The Hall–Kier alpha value is -1.10. The summed E-state index contributed by atoms with van der Waals surface area (Å²) in [4.78, 5) is 0. The molecular formula is C15H23NO3. The summed E-state index contributed by atoms with van der Waals surface area (Å²) in [6, 6.07) is 8.02. The van der Waals surface area contributed by atoms with Crippen molar-refractivity contribution in [2.24, 2.45) is 5.73 Å². The Balaban J connectivity index is 1.81. The summed E-state index contributed by atoms with van der Waals surface area (Å²) in [7, 11) is 1.67. The van der Waals surface area contributed by atoms with Gasteiger partial charge in [0.1, 0.15) is 5.75 Å². The molecule has 2 rings (SSSR count). The van der Waals surface area contributed by atoms with Gasteiger partial charge in [0.25, 0.3) is 0 Å². The van der Waals surface area contributed by atoms with Gasteiger partial charge in [-0.3, -0.25) is 0 Å². The van der Waals surface area contributed by atoms with Crippen LogP contribution in [0.3, 0.4) is 0 Å². The zero-order valence-electron chi connectivity index (χ0n) is 11.7. The molecule has 0 bridgehead atoms. The summed E-state index contributed by atoms with van der Waals surface area (Å²) in [6.07, 6.45) is 2.04. The fraction of sp³-hybridized carbons (Fsp3) is 0.600. The van der Waals surface area contributed by atoms with Gasteiger partial charge in [-0.05, 0) is 30.5 Å². The molecule has 0 amide bonds. The highest BCUT2D eigenvalue weighted by atomic mass is 16.5. The summed E-state index contributed by atoms with van der Waals surface area (Å²) in [5, 5.41) is 0. The van der Waals surface area contributed by atoms with Gasteiger partial charge >= 0.3 is 0 Å². The smallest absolute Gasteiger partial charge is 0.119 e. The molecule has 0 aromatic heterocycles. The molecule has 0 radical (unpaired) electrons. The van der Waals surface area contributed by atoms with Crippen molar-refractivity contribution < 1.29 is 14.2 Å². The Morgan fingerprint density at radius 2 is 2.16 bits per heavy atom. The van der Waals surface area contributed by atoms with Crippen molar-refractivity contribution >= 4 is 0 Å². The molecule has 1 saturated carbocycles. The molecule has 106 valence electrons. The van der Waals surface area contributed by atoms with Crippen molar-refractivity contribution in [3.8, 4) is 5.75 Å². The third-order valence-electron chi connectivity index (χ3n) is 3.41. The lowest BCUT2D eigenvalue weighted by molar-refractivity contribution is -0.144. The predicted octanol–water partition coefficient (Wildman–Crippen LogP) is 2.11. The second-order valence-electron chi connectivity index (χ2n) is 4.94. The van der Waals surface area contributed by atoms with E-state index in [9.17, 15) is 0 Å². The van der Waals surface area contributed by atoms with Crippen LogP contribution in [0.4, 0.5) is 0 Å². The summed E-state index contributed by atoms with van der Waals surface area (Å²) in [5.74, 6) is 0.852. The minimum Gasteiger partial charge on any atom is -0.497 e. The van der Waals surface area contributed by atoms with Gasteiger partial charge in [-0.25, -0.2) is 0 Å². The average Bonchev–Trinajstić information content (AvgIpc) is 2.43. The standard InChI is InChI=1S/C15H23NO3/c1-3-7-18-15-13(16)9-14(15)19-10-11-5-4-6-12(8-11)17-2/h4-6,8,13-15H,3,7,9-10,16H2,1-2H3. The molecule has 2 N–H and O–H groups in total. The van der Waals surface area contributed by atoms with E-state index in [4.69, 9.17) is 19.9 Å². The van der Waals surface area contributed by atoms with Crippen LogP contribution >= 0.6 is 0 Å². The van der Waals surface area contributed by atoms with Gasteiger partial charge in [-0.15, -0.1) is 0 Å². The summed E-state index contributed by atoms with van der Waals surface area (Å²) in [5.41, 5.74) is 7.05. The van der Waals surface area contributed by atoms with Crippen LogP contribution in [0.1, 0.15) is 25.3 Å². The van der Waals surface area contributed by atoms with Crippen LogP contribution in [-0.4, -0.2) is 32.0 Å². The maximum Gasteiger partial charge on any atom is 0.119 e. The molecule has 3 unspecified atom stereocenters. The monoisotopic (exact) mass is 265 g/mol. The highest BCUT2D eigenvalue weighted by Gasteiger charge is 2.40. The molecule has 1 aromatic carbocycles. The third kappa shape index (κ3) is 3.69. The first kappa shape index (κ1) is 14.3. The zero-order valence-corrected chi connectivity index (χ0v) is 11.7. The van der Waals surface area contributed by atoms with Gasteiger partial charge in [0, 0.05) is 12.6 Å². The number of hydrogen-bond acceptors (Lipinski definition) is 4. The van der Waals surface area contributed by atoms with E-state index in [1.54, 1.807) is 7.11 Å². The van der Waals surface area contributed by atoms with E-state index in [2.05, 4.69) is 6.92 Å². The second kappa shape index (κ2) is 6.89. The van der Waals surface area contributed by atoms with E-state index in [1.807, 2.05) is 24.3 Å². The molecule has 3 atom stereocenters. The zero-order chi connectivity index (χ0) is 13.7. The number of hydrogen-bond donors (Lipinski definition) is 1. The first-order chi connectivity index (χ1) is 9.24. The quantitative estimate of drug-likeness (QED) is 0.820. The van der Waals surface area contributed by atoms with Crippen molar-refractivity contribution in [1.82, 2.24) is 0 Å². The molecule has 0 heterocycles. The maximum atomic E-state index is 5.94. The van der Waals surface area contributed by atoms with E-state index in [-0.39, 0.29) is 18.2 Å². The van der Waals surface area contributed by atoms with Crippen LogP contribution in [0.5, 0.6) is 5.75 Å². The first-order valence-corrected chi connectivity index (χ1v) is 6.86. The fourth-order valence-electron chi connectivity index (χ4n) is 2.23. The highest BCUT2D eigenvalue weighted by Crippen LogP contribution is 2.27. The number of methoxy groups -OCH3 is 1. The van der Waals surface area contributed by atoms with Crippen molar-refractivity contribution in [2.45, 2.75) is 44.6 Å². The third-order valence-corrected chi connectivity index (χ3v) is 3.41. The second-order valence-corrected chi connectivity index (χ2v) is 4.94. The van der Waals surface area contributed by atoms with Crippen molar-refractivity contribution in [3.05, 3.63) is 29.8 Å². The van der Waals surface area contributed by atoms with E-state index in [0.29, 0.717) is 6.61 Å². The van der Waals surface area contributed by atoms with E-state index < -0.39 is 0 Å². The van der Waals surface area contributed by atoms with Gasteiger partial charge in [0.05, 0.1) is 25.9 Å². The Morgan fingerprint density at radius 1 is 1.32 bits per heavy atom. The van der Waals surface area contributed by atoms with Crippen LogP contribution in [0.2, 0.25) is 0 Å². The molecule has 0 aliphatic heterocycles. The Bertz CT molecular complexity index is 397. The highest BCUT2D eigenvalue weighted by molar-refractivity contribution is 5.27. The van der Waals surface area contributed by atoms with Gasteiger partial charge in [-0.1, -0.05) is 19.1 Å². The van der Waals surface area contributed by atoms with Crippen molar-refractivity contribution in [2.75, 3.05) is 13.7 Å². The van der Waals surface area contributed by atoms with E-state index >= 15 is 0 Å². The lowest BCUT2D eigenvalue weighted by Crippen LogP contribution is -2.58. The molecular weight excluding hydrogens is 242 g/mol. The number of nitrogens with two attached hydrogens (primary N) is 1. The van der Waals surface area contributed by atoms with Crippen molar-refractivity contribution in [1.29, 1.82) is 0 Å². The Labute approximate surface area is 114 Å². The maximum absolute atomic E-state index is 5.94. The lowest BCUT2D eigenvalue weighted by atomic mass is 9.86. The van der Waals surface area contributed by atoms with Crippen LogP contribution in [0.15, 0.2) is 24.3 Å². The number of rotatable bonds is 7. The summed E-state index contributed by atoms with van der Waals surface area (Å²) in [6.45, 7) is 3.41. The average molecular weight is 265 g/mol. The van der Waals surface area contributed by atoms with E-state index in [0.717, 1.165) is 30.8 Å². The van der Waals surface area contributed by atoms with Gasteiger partial charge in [-0.2, -0.15) is 0 Å². The van der Waals surface area contributed by atoms with E-state index in [1.165, 1.54) is 0 Å². The Kier molecular flexibility index (Phi) is 5.19. The molecule has 1 aliphatic rings. The molecule has 1 aromatic rings. The normalized spacial score (nSPS) is 25.9. The predicted molar refractivity (Wildman–Crippen MR) is 74.2 cm³/mol. The minimum absolute atomic E-state index is 0.0468. The fourth-order valence-corrected chi connectivity index (χ4v) is 2.23. The number of benzene rings is 1. The largest absolute Gasteiger partial charge is 0.497 e. The van der Waals surface area contributed by atoms with Crippen LogP contribution in [-0.2, 0) is 16.1 Å². The molecule has 4 nitrogen and oxygen atoms in total. The van der Waals surface area contributed by atoms with Gasteiger partial charge in [0.2, 0.25) is 0 Å². The molecule has 19 heavy (non-hydrogen) atoms. The van der Waals surface area contributed by atoms with Crippen LogP contribution in [0, 0.1) is 0 Å². The molecule has 4 heteroatoms. The lowest BCUT2D eigenvalue weighted by Gasteiger charge is -2.41. The Morgan fingerprint density at radius 3 is 2.84 bits per heavy atom. The minimum atomic E-state index is 0.0468. The topological polar surface area (TPSA) is 53.7 Å². The molecule has 0 saturated heterocycles. The van der Waals surface area contributed by atoms with Crippen molar-refractivity contribution in [3.63, 3.8) is 0 Å². The first-order valence-electron chi connectivity index (χ1n) is 6.86.